The minimum absolute atomic E-state index is 0.199. The molecule has 1 saturated heterocycles. The van der Waals surface area contributed by atoms with Crippen LogP contribution < -0.4 is 5.32 Å². The van der Waals surface area contributed by atoms with Gasteiger partial charge in [0.05, 0.1) is 6.04 Å². The van der Waals surface area contributed by atoms with Gasteiger partial charge < -0.3 is 15.0 Å². The maximum Gasteiger partial charge on any atom is 0.252 e. The molecule has 1 unspecified atom stereocenters. The van der Waals surface area contributed by atoms with Crippen molar-refractivity contribution in [3.8, 4) is 23.9 Å². The third-order valence-electron chi connectivity index (χ3n) is 3.97. The summed E-state index contributed by atoms with van der Waals surface area (Å²) in [5.41, 5.74) is 1.13. The van der Waals surface area contributed by atoms with E-state index in [1.165, 1.54) is 0 Å². The number of hydrogen-bond donors (Lipinski definition) is 2. The van der Waals surface area contributed by atoms with Crippen LogP contribution in [0.5, 0.6) is 0 Å². The molecule has 3 heterocycles. The maximum atomic E-state index is 12.5. The molecule has 3 rings (SSSR count). The Balaban J connectivity index is 1.72. The Kier molecular flexibility index (Phi) is 4.69. The van der Waals surface area contributed by atoms with Gasteiger partial charge in [0.15, 0.2) is 5.82 Å². The Morgan fingerprint density at radius 3 is 2.91 bits per heavy atom. The van der Waals surface area contributed by atoms with Crippen LogP contribution in [0.3, 0.4) is 0 Å². The average molecular weight is 310 g/mol. The van der Waals surface area contributed by atoms with Crippen molar-refractivity contribution in [1.82, 2.24) is 20.3 Å². The second-order valence-corrected chi connectivity index (χ2v) is 5.44. The lowest BCUT2D eigenvalue weighted by atomic mass is 9.92. The number of nitrogens with one attached hydrogen (secondary N) is 2. The Morgan fingerprint density at radius 2 is 2.22 bits per heavy atom. The van der Waals surface area contributed by atoms with Crippen LogP contribution in [0.4, 0.5) is 0 Å². The molecule has 2 aromatic heterocycles. The highest BCUT2D eigenvalue weighted by Gasteiger charge is 2.24. The van der Waals surface area contributed by atoms with Gasteiger partial charge in [-0.25, -0.2) is 4.98 Å². The topological polar surface area (TPSA) is 79.9 Å². The molecule has 0 radical (unpaired) electrons. The van der Waals surface area contributed by atoms with Crippen LogP contribution in [0.15, 0.2) is 30.7 Å². The number of rotatable bonds is 4. The van der Waals surface area contributed by atoms with Crippen LogP contribution in [-0.2, 0) is 4.74 Å². The van der Waals surface area contributed by atoms with Crippen LogP contribution >= 0.6 is 0 Å². The van der Waals surface area contributed by atoms with Gasteiger partial charge in [0.25, 0.3) is 5.91 Å². The highest BCUT2D eigenvalue weighted by molar-refractivity contribution is 5.95. The molecule has 23 heavy (non-hydrogen) atoms. The number of ether oxygens (including phenoxy) is 1. The number of H-pyrrole nitrogens is 1. The van der Waals surface area contributed by atoms with Crippen molar-refractivity contribution in [3.05, 3.63) is 36.3 Å². The summed E-state index contributed by atoms with van der Waals surface area (Å²) < 4.78 is 5.34. The first-order valence-electron chi connectivity index (χ1n) is 7.58. The fraction of sp³-hybridized carbons (Fsp3) is 0.353. The van der Waals surface area contributed by atoms with Crippen molar-refractivity contribution < 1.29 is 9.53 Å². The van der Waals surface area contributed by atoms with Gasteiger partial charge in [0.2, 0.25) is 0 Å². The molecule has 0 bridgehead atoms. The number of pyridine rings is 1. The molecule has 1 fully saturated rings. The third-order valence-corrected chi connectivity index (χ3v) is 3.97. The fourth-order valence-electron chi connectivity index (χ4n) is 2.68. The number of nitrogens with zero attached hydrogens (tertiary/aromatic N) is 2. The van der Waals surface area contributed by atoms with E-state index in [-0.39, 0.29) is 17.9 Å². The Morgan fingerprint density at radius 1 is 1.39 bits per heavy atom. The zero-order chi connectivity index (χ0) is 16.1. The predicted molar refractivity (Wildman–Crippen MR) is 85.4 cm³/mol. The molecule has 0 aliphatic carbocycles. The molecule has 1 atom stereocenters. The normalized spacial score (nSPS) is 16.5. The van der Waals surface area contributed by atoms with Crippen LogP contribution in [0.1, 0.15) is 23.2 Å². The van der Waals surface area contributed by atoms with E-state index in [2.05, 4.69) is 26.2 Å². The van der Waals surface area contributed by atoms with Crippen LogP contribution in [-0.4, -0.2) is 40.1 Å². The van der Waals surface area contributed by atoms with Crippen molar-refractivity contribution in [2.45, 2.75) is 18.9 Å². The molecule has 1 aliphatic rings. The second kappa shape index (κ2) is 7.07. The van der Waals surface area contributed by atoms with Crippen LogP contribution in [0, 0.1) is 18.3 Å². The minimum Gasteiger partial charge on any atom is -0.381 e. The molecule has 2 aromatic rings. The van der Waals surface area contributed by atoms with Gasteiger partial charge in [-0.3, -0.25) is 9.78 Å². The molecule has 1 aliphatic heterocycles. The van der Waals surface area contributed by atoms with Gasteiger partial charge in [-0.05, 0) is 30.9 Å². The summed E-state index contributed by atoms with van der Waals surface area (Å²) >= 11 is 0. The van der Waals surface area contributed by atoms with Gasteiger partial charge >= 0.3 is 0 Å². The van der Waals surface area contributed by atoms with Gasteiger partial charge in [-0.1, -0.05) is 5.92 Å². The minimum atomic E-state index is -0.286. The molecule has 0 saturated carbocycles. The maximum absolute atomic E-state index is 12.5. The summed E-state index contributed by atoms with van der Waals surface area (Å²) in [5.74, 6) is 3.37. The van der Waals surface area contributed by atoms with Gasteiger partial charge in [0, 0.05) is 37.4 Å². The van der Waals surface area contributed by atoms with Gasteiger partial charge in [-0.2, -0.15) is 0 Å². The molecule has 1 amide bonds. The van der Waals surface area contributed by atoms with E-state index in [0.29, 0.717) is 30.3 Å². The lowest BCUT2D eigenvalue weighted by Crippen LogP contribution is -2.41. The lowest BCUT2D eigenvalue weighted by molar-refractivity contribution is 0.0579. The fourth-order valence-corrected chi connectivity index (χ4v) is 2.68. The Bertz CT molecular complexity index is 700. The first kappa shape index (κ1) is 15.3. The second-order valence-electron chi connectivity index (χ2n) is 5.44. The van der Waals surface area contributed by atoms with E-state index < -0.39 is 0 Å². The number of imidazole rings is 1. The molecular formula is C17H18N4O2. The number of hydrogen-bond acceptors (Lipinski definition) is 4. The summed E-state index contributed by atoms with van der Waals surface area (Å²) in [7, 11) is 0. The number of carbonyl (C=O) groups excluding carboxylic acids is 1. The van der Waals surface area contributed by atoms with E-state index in [9.17, 15) is 4.79 Å². The molecule has 2 N–H and O–H groups in total. The summed E-state index contributed by atoms with van der Waals surface area (Å²) in [6, 6.07) is 3.08. The van der Waals surface area contributed by atoms with E-state index in [0.717, 1.165) is 12.8 Å². The zero-order valence-electron chi connectivity index (χ0n) is 12.7. The van der Waals surface area contributed by atoms with Crippen LogP contribution in [0.2, 0.25) is 0 Å². The van der Waals surface area contributed by atoms with Crippen molar-refractivity contribution in [2.24, 2.45) is 5.92 Å². The van der Waals surface area contributed by atoms with E-state index in [1.807, 2.05) is 0 Å². The van der Waals surface area contributed by atoms with Crippen LogP contribution in [0.25, 0.3) is 11.5 Å². The standard InChI is InChI=1S/C17H18N4O2/c1-2-14(12-4-9-23-10-5-12)21-17(22)13-3-6-18-15(11-13)16-19-7-8-20-16/h1,3,6-8,11-12,14H,4-5,9-10H2,(H,19,20)(H,21,22). The number of aromatic amines is 1. The highest BCUT2D eigenvalue weighted by atomic mass is 16.5. The molecule has 0 aromatic carbocycles. The monoisotopic (exact) mass is 310 g/mol. The Labute approximate surface area is 134 Å². The summed E-state index contributed by atoms with van der Waals surface area (Å²) in [4.78, 5) is 23.8. The van der Waals surface area contributed by atoms with Gasteiger partial charge in [-0.15, -0.1) is 6.42 Å². The molecular weight excluding hydrogens is 292 g/mol. The third kappa shape index (κ3) is 3.58. The molecule has 118 valence electrons. The molecule has 6 nitrogen and oxygen atoms in total. The first-order chi connectivity index (χ1) is 11.3. The SMILES string of the molecule is C#CC(NC(=O)c1ccnc(-c2ncc[nH]2)c1)C1CCOCC1. The van der Waals surface area contributed by atoms with Crippen molar-refractivity contribution >= 4 is 5.91 Å². The van der Waals surface area contributed by atoms with E-state index in [4.69, 9.17) is 11.2 Å². The summed E-state index contributed by atoms with van der Waals surface area (Å²) in [6.45, 7) is 1.38. The number of aromatic nitrogens is 3. The lowest BCUT2D eigenvalue weighted by Gasteiger charge is -2.27. The summed E-state index contributed by atoms with van der Waals surface area (Å²) in [5, 5.41) is 2.94. The predicted octanol–water partition coefficient (Wildman–Crippen LogP) is 1.63. The first-order valence-corrected chi connectivity index (χ1v) is 7.58. The largest absolute Gasteiger partial charge is 0.381 e. The number of terminal acetylenes is 1. The van der Waals surface area contributed by atoms with Crippen molar-refractivity contribution in [3.63, 3.8) is 0 Å². The quantitative estimate of drug-likeness (QED) is 0.841. The number of amides is 1. The van der Waals surface area contributed by atoms with E-state index in [1.54, 1.807) is 30.7 Å². The molecule has 6 heteroatoms. The van der Waals surface area contributed by atoms with Gasteiger partial charge in [0.1, 0.15) is 5.69 Å². The zero-order valence-corrected chi connectivity index (χ0v) is 12.7. The van der Waals surface area contributed by atoms with E-state index >= 15 is 0 Å². The average Bonchev–Trinajstić information content (AvgIpc) is 3.15. The van der Waals surface area contributed by atoms with Crippen molar-refractivity contribution in [2.75, 3.05) is 13.2 Å². The molecule has 0 spiro atoms. The Hall–Kier alpha value is -2.65. The van der Waals surface area contributed by atoms with Crippen molar-refractivity contribution in [1.29, 1.82) is 0 Å². The number of carbonyl (C=O) groups is 1. The smallest absolute Gasteiger partial charge is 0.252 e. The highest BCUT2D eigenvalue weighted by Crippen LogP contribution is 2.19. The summed E-state index contributed by atoms with van der Waals surface area (Å²) in [6.07, 6.45) is 12.3.